The van der Waals surface area contributed by atoms with E-state index < -0.39 is 0 Å². The number of methoxy groups -OCH3 is 1. The van der Waals surface area contributed by atoms with E-state index in [9.17, 15) is 4.79 Å². The van der Waals surface area contributed by atoms with Crippen LogP contribution in [-0.4, -0.2) is 31.2 Å². The zero-order valence-electron chi connectivity index (χ0n) is 15.0. The molecule has 0 fully saturated rings. The predicted octanol–water partition coefficient (Wildman–Crippen LogP) is 5.32. The first-order chi connectivity index (χ1) is 13.6. The fourth-order valence-electron chi connectivity index (χ4n) is 3.13. The quantitative estimate of drug-likeness (QED) is 0.485. The molecule has 0 saturated carbocycles. The largest absolute Gasteiger partial charge is 0.494 e. The standard InChI is InChI=1S/C21H16Br2N2O3/c1-27-19-16(22)9-14(10-17(19)23)21(26)25-7-8-28-20-18(25)11-15(12-24-20)13-5-3-2-4-6-13/h2-6,9-12H,7-8H2,1H3. The van der Waals surface area contributed by atoms with Crippen LogP contribution in [0.1, 0.15) is 10.4 Å². The summed E-state index contributed by atoms with van der Waals surface area (Å²) in [6.45, 7) is 0.849. The predicted molar refractivity (Wildman–Crippen MR) is 115 cm³/mol. The summed E-state index contributed by atoms with van der Waals surface area (Å²) in [4.78, 5) is 19.4. The van der Waals surface area contributed by atoms with Crippen molar-refractivity contribution in [3.8, 4) is 22.8 Å². The van der Waals surface area contributed by atoms with E-state index in [0.717, 1.165) is 11.1 Å². The summed E-state index contributed by atoms with van der Waals surface area (Å²) in [5.41, 5.74) is 3.17. The second kappa shape index (κ2) is 7.93. The Hall–Kier alpha value is -2.38. The summed E-state index contributed by atoms with van der Waals surface area (Å²) in [6.07, 6.45) is 1.77. The second-order valence-corrected chi connectivity index (χ2v) is 7.90. The summed E-state index contributed by atoms with van der Waals surface area (Å²) in [6, 6.07) is 15.4. The van der Waals surface area contributed by atoms with Gasteiger partial charge in [0, 0.05) is 17.3 Å². The number of hydrogen-bond donors (Lipinski definition) is 0. The Kier molecular flexibility index (Phi) is 5.37. The number of pyridine rings is 1. The van der Waals surface area contributed by atoms with Crippen molar-refractivity contribution in [1.29, 1.82) is 0 Å². The molecule has 0 atom stereocenters. The van der Waals surface area contributed by atoms with Crippen LogP contribution in [0.4, 0.5) is 5.69 Å². The summed E-state index contributed by atoms with van der Waals surface area (Å²) in [5.74, 6) is 0.985. The van der Waals surface area contributed by atoms with Crippen molar-refractivity contribution in [1.82, 2.24) is 4.98 Å². The normalized spacial score (nSPS) is 12.9. The van der Waals surface area contributed by atoms with Gasteiger partial charge in [-0.3, -0.25) is 4.79 Å². The first kappa shape index (κ1) is 19.0. The topological polar surface area (TPSA) is 51.7 Å². The van der Waals surface area contributed by atoms with Gasteiger partial charge in [0.1, 0.15) is 18.0 Å². The molecule has 3 aromatic rings. The van der Waals surface area contributed by atoms with E-state index in [2.05, 4.69) is 36.8 Å². The smallest absolute Gasteiger partial charge is 0.258 e. The lowest BCUT2D eigenvalue weighted by molar-refractivity contribution is 0.0975. The molecule has 5 nitrogen and oxygen atoms in total. The Labute approximate surface area is 179 Å². The van der Waals surface area contributed by atoms with Crippen LogP contribution in [-0.2, 0) is 0 Å². The van der Waals surface area contributed by atoms with Gasteiger partial charge in [-0.05, 0) is 55.6 Å². The number of hydrogen-bond acceptors (Lipinski definition) is 4. The van der Waals surface area contributed by atoms with Crippen molar-refractivity contribution in [2.24, 2.45) is 0 Å². The van der Waals surface area contributed by atoms with Crippen molar-refractivity contribution in [2.75, 3.05) is 25.2 Å². The Morgan fingerprint density at radius 2 is 1.82 bits per heavy atom. The second-order valence-electron chi connectivity index (χ2n) is 6.19. The minimum atomic E-state index is -0.124. The summed E-state index contributed by atoms with van der Waals surface area (Å²) in [7, 11) is 1.58. The van der Waals surface area contributed by atoms with Gasteiger partial charge in [-0.25, -0.2) is 4.98 Å². The number of amides is 1. The van der Waals surface area contributed by atoms with Gasteiger partial charge in [0.2, 0.25) is 5.88 Å². The van der Waals surface area contributed by atoms with Crippen molar-refractivity contribution in [3.05, 3.63) is 69.2 Å². The number of nitrogens with zero attached hydrogens (tertiary/aromatic N) is 2. The molecular weight excluding hydrogens is 488 g/mol. The molecule has 1 amide bonds. The molecule has 142 valence electrons. The van der Waals surface area contributed by atoms with Crippen molar-refractivity contribution in [3.63, 3.8) is 0 Å². The molecule has 0 N–H and O–H groups in total. The highest BCUT2D eigenvalue weighted by molar-refractivity contribution is 9.11. The molecule has 7 heteroatoms. The fourth-order valence-corrected chi connectivity index (χ4v) is 4.64. The Morgan fingerprint density at radius 1 is 1.11 bits per heavy atom. The molecule has 0 radical (unpaired) electrons. The molecule has 0 spiro atoms. The molecular formula is C21H16Br2N2O3. The number of aromatic nitrogens is 1. The maximum Gasteiger partial charge on any atom is 0.258 e. The molecule has 0 saturated heterocycles. The lowest BCUT2D eigenvalue weighted by Crippen LogP contribution is -2.38. The summed E-state index contributed by atoms with van der Waals surface area (Å²) in [5, 5.41) is 0. The lowest BCUT2D eigenvalue weighted by Gasteiger charge is -2.29. The maximum absolute atomic E-state index is 13.3. The average molecular weight is 504 g/mol. The number of anilines is 1. The molecule has 1 aromatic heterocycles. The third-order valence-electron chi connectivity index (χ3n) is 4.48. The Morgan fingerprint density at radius 3 is 2.50 bits per heavy atom. The molecule has 1 aliphatic heterocycles. The summed E-state index contributed by atoms with van der Waals surface area (Å²) >= 11 is 6.92. The third-order valence-corrected chi connectivity index (χ3v) is 5.66. The van der Waals surface area contributed by atoms with Crippen molar-refractivity contribution < 1.29 is 14.3 Å². The van der Waals surface area contributed by atoms with Crippen LogP contribution in [0.5, 0.6) is 11.6 Å². The van der Waals surface area contributed by atoms with Gasteiger partial charge >= 0.3 is 0 Å². The van der Waals surface area contributed by atoms with Gasteiger partial charge < -0.3 is 14.4 Å². The first-order valence-corrected chi connectivity index (χ1v) is 10.2. The molecule has 2 heterocycles. The zero-order chi connectivity index (χ0) is 19.7. The van der Waals surface area contributed by atoms with Gasteiger partial charge in [0.15, 0.2) is 0 Å². The minimum Gasteiger partial charge on any atom is -0.494 e. The highest BCUT2D eigenvalue weighted by Crippen LogP contribution is 2.37. The van der Waals surface area contributed by atoms with Crippen LogP contribution in [0, 0.1) is 0 Å². The maximum atomic E-state index is 13.3. The van der Waals surface area contributed by atoms with E-state index in [4.69, 9.17) is 9.47 Å². The monoisotopic (exact) mass is 502 g/mol. The number of carbonyl (C=O) groups excluding carboxylic acids is 1. The molecule has 0 aliphatic carbocycles. The van der Waals surface area contributed by atoms with E-state index in [1.807, 2.05) is 36.4 Å². The highest BCUT2D eigenvalue weighted by atomic mass is 79.9. The SMILES string of the molecule is COc1c(Br)cc(C(=O)N2CCOc3ncc(-c4ccccc4)cc32)cc1Br. The Bertz CT molecular complexity index is 1020. The summed E-state index contributed by atoms with van der Waals surface area (Å²) < 4.78 is 12.4. The van der Waals surface area contributed by atoms with Gasteiger partial charge in [0.05, 0.1) is 22.6 Å². The van der Waals surface area contributed by atoms with Gasteiger partial charge in [0.25, 0.3) is 5.91 Å². The number of rotatable bonds is 3. The molecule has 4 rings (SSSR count). The van der Waals surface area contributed by atoms with E-state index >= 15 is 0 Å². The van der Waals surface area contributed by atoms with E-state index in [-0.39, 0.29) is 5.91 Å². The number of ether oxygens (including phenoxy) is 2. The van der Waals surface area contributed by atoms with Gasteiger partial charge in [-0.1, -0.05) is 30.3 Å². The Balaban J connectivity index is 1.74. The van der Waals surface area contributed by atoms with Crippen LogP contribution >= 0.6 is 31.9 Å². The van der Waals surface area contributed by atoms with Crippen LogP contribution in [0.2, 0.25) is 0 Å². The fraction of sp³-hybridized carbons (Fsp3) is 0.143. The first-order valence-electron chi connectivity index (χ1n) is 8.61. The third kappa shape index (κ3) is 3.52. The number of halogens is 2. The van der Waals surface area contributed by atoms with Gasteiger partial charge in [-0.2, -0.15) is 0 Å². The van der Waals surface area contributed by atoms with Crippen molar-refractivity contribution in [2.45, 2.75) is 0 Å². The highest BCUT2D eigenvalue weighted by Gasteiger charge is 2.27. The molecule has 1 aliphatic rings. The number of fused-ring (bicyclic) bond motifs is 1. The van der Waals surface area contributed by atoms with E-state index in [1.54, 1.807) is 30.3 Å². The molecule has 0 unspecified atom stereocenters. The minimum absolute atomic E-state index is 0.124. The van der Waals surface area contributed by atoms with Crippen LogP contribution in [0.3, 0.4) is 0 Å². The molecule has 28 heavy (non-hydrogen) atoms. The van der Waals surface area contributed by atoms with Crippen molar-refractivity contribution >= 4 is 43.5 Å². The average Bonchev–Trinajstić information content (AvgIpc) is 2.73. The zero-order valence-corrected chi connectivity index (χ0v) is 18.2. The van der Waals surface area contributed by atoms with Crippen LogP contribution in [0.15, 0.2) is 63.7 Å². The van der Waals surface area contributed by atoms with Gasteiger partial charge in [-0.15, -0.1) is 0 Å². The lowest BCUT2D eigenvalue weighted by atomic mass is 10.1. The van der Waals surface area contributed by atoms with E-state index in [1.165, 1.54) is 0 Å². The number of benzene rings is 2. The van der Waals surface area contributed by atoms with Crippen LogP contribution in [0.25, 0.3) is 11.1 Å². The number of carbonyl (C=O) groups is 1. The molecule has 0 bridgehead atoms. The molecule has 2 aromatic carbocycles. The van der Waals surface area contributed by atoms with Crippen LogP contribution < -0.4 is 14.4 Å². The van der Waals surface area contributed by atoms with E-state index in [0.29, 0.717) is 45.0 Å².